The third-order valence-corrected chi connectivity index (χ3v) is 0.972. The van der Waals surface area contributed by atoms with Gasteiger partial charge in [0.2, 0.25) is 0 Å². The van der Waals surface area contributed by atoms with Crippen molar-refractivity contribution in [3.8, 4) is 0 Å². The summed E-state index contributed by atoms with van der Waals surface area (Å²) < 4.78 is 40.7. The quantitative estimate of drug-likeness (QED) is 0.452. The molecule has 0 N–H and O–H groups in total. The fourth-order valence-electron chi connectivity index (χ4n) is 0.0437. The van der Waals surface area contributed by atoms with Crippen LogP contribution in [0.1, 0.15) is 0 Å². The summed E-state index contributed by atoms with van der Waals surface area (Å²) in [4.78, 5) is 2.21. The van der Waals surface area contributed by atoms with Crippen LogP contribution in [0, 0.1) is 0 Å². The second-order valence-electron chi connectivity index (χ2n) is 1.09. The van der Waals surface area contributed by atoms with Crippen LogP contribution in [-0.2, 0) is 4.94 Å². The summed E-state index contributed by atoms with van der Waals surface area (Å²) in [5.74, 6) is 0. The molecule has 0 unspecified atom stereocenters. The maximum atomic E-state index is 11.2. The molecule has 0 aliphatic heterocycles. The Hall–Kier alpha value is 0.260. The van der Waals surface area contributed by atoms with Gasteiger partial charge in [-0.2, -0.15) is 13.2 Å². The molecule has 9 heavy (non-hydrogen) atoms. The summed E-state index contributed by atoms with van der Waals surface area (Å²) in [5.41, 5.74) is 0. The molecule has 0 heterocycles. The van der Waals surface area contributed by atoms with Crippen LogP contribution >= 0.6 is 23.2 Å². The number of hydrogen-bond donors (Lipinski definition) is 0. The van der Waals surface area contributed by atoms with Gasteiger partial charge in [0.1, 0.15) is 0 Å². The maximum Gasteiger partial charge on any atom is 0.450 e. The van der Waals surface area contributed by atoms with Crippen molar-refractivity contribution in [2.75, 3.05) is 0 Å². The fraction of sp³-hybridized carbons (Fsp3) is 1.00. The topological polar surface area (TPSA) is 9.23 Å². The monoisotopic (exact) mass is 186 g/mol. The van der Waals surface area contributed by atoms with Crippen molar-refractivity contribution < 1.29 is 22.6 Å². The van der Waals surface area contributed by atoms with Crippen molar-refractivity contribution in [3.63, 3.8) is 0 Å². The number of halogens is 6. The third kappa shape index (κ3) is 2.15. The van der Waals surface area contributed by atoms with E-state index in [2.05, 4.69) is 28.1 Å². The minimum atomic E-state index is -5.12. The molecule has 0 aliphatic rings. The van der Waals surface area contributed by atoms with Gasteiger partial charge in [0.15, 0.2) is 0 Å². The van der Waals surface area contributed by atoms with Crippen molar-refractivity contribution in [2.45, 2.75) is 10.7 Å². The normalized spacial score (nSPS) is 14.0. The zero-order valence-electron chi connectivity index (χ0n) is 3.68. The first-order valence-corrected chi connectivity index (χ1v) is 2.31. The van der Waals surface area contributed by atoms with E-state index in [9.17, 15) is 17.7 Å². The van der Waals surface area contributed by atoms with Gasteiger partial charge in [0.25, 0.3) is 0 Å². The predicted octanol–water partition coefficient (Wildman–Crippen LogP) is 2.58. The Bertz CT molecular complexity index is 99.2. The molecule has 0 aromatic heterocycles. The molecule has 0 saturated carbocycles. The highest BCUT2D eigenvalue weighted by Gasteiger charge is 2.56. The zero-order chi connectivity index (χ0) is 7.71. The first kappa shape index (κ1) is 9.26. The molecule has 0 amide bonds. The smallest absolute Gasteiger partial charge is 0.165 e. The highest BCUT2D eigenvalue weighted by atomic mass is 35.5. The maximum absolute atomic E-state index is 11.2. The molecular formula is C2Cl2F4O. The van der Waals surface area contributed by atoms with Gasteiger partial charge in [0.05, 0.1) is 0 Å². The van der Waals surface area contributed by atoms with Crippen LogP contribution in [0.25, 0.3) is 0 Å². The Morgan fingerprint density at radius 2 is 1.44 bits per heavy atom. The standard InChI is InChI=1S/C2Cl2F4O/c3-1(4,9-8)2(5,6)7. The van der Waals surface area contributed by atoms with E-state index < -0.39 is 10.7 Å². The average molecular weight is 187 g/mol. The molecule has 0 aromatic rings. The highest BCUT2D eigenvalue weighted by molar-refractivity contribution is 6.47. The molecular weight excluding hydrogens is 187 g/mol. The second kappa shape index (κ2) is 2.48. The molecule has 0 saturated heterocycles. The van der Waals surface area contributed by atoms with Gasteiger partial charge in [0, 0.05) is 0 Å². The summed E-state index contributed by atoms with van der Waals surface area (Å²) in [5, 5.41) is 0. The van der Waals surface area contributed by atoms with Crippen LogP contribution in [0.2, 0.25) is 0 Å². The number of alkyl halides is 5. The first-order chi connectivity index (χ1) is 3.81. The van der Waals surface area contributed by atoms with E-state index in [0.717, 1.165) is 0 Å². The van der Waals surface area contributed by atoms with Crippen molar-refractivity contribution in [1.82, 2.24) is 0 Å². The second-order valence-corrected chi connectivity index (χ2v) is 2.35. The van der Waals surface area contributed by atoms with Crippen molar-refractivity contribution in [2.24, 2.45) is 0 Å². The zero-order valence-corrected chi connectivity index (χ0v) is 5.19. The lowest BCUT2D eigenvalue weighted by Crippen LogP contribution is -2.34. The molecule has 56 valence electrons. The van der Waals surface area contributed by atoms with Gasteiger partial charge in [-0.05, 0) is 4.53 Å². The van der Waals surface area contributed by atoms with E-state index in [4.69, 9.17) is 0 Å². The van der Waals surface area contributed by atoms with Gasteiger partial charge in [-0.1, -0.05) is 23.2 Å². The van der Waals surface area contributed by atoms with Crippen molar-refractivity contribution >= 4 is 23.2 Å². The Morgan fingerprint density at radius 1 is 1.11 bits per heavy atom. The average Bonchev–Trinajstić information content (AvgIpc) is 1.64. The molecule has 0 spiro atoms. The van der Waals surface area contributed by atoms with Crippen molar-refractivity contribution in [1.29, 1.82) is 0 Å². The van der Waals surface area contributed by atoms with Gasteiger partial charge < -0.3 is 0 Å². The van der Waals surface area contributed by atoms with Crippen LogP contribution in [0.5, 0.6) is 0 Å². The summed E-state index contributed by atoms with van der Waals surface area (Å²) in [6.45, 7) is 0. The minimum Gasteiger partial charge on any atom is -0.165 e. The molecule has 0 rings (SSSR count). The van der Waals surface area contributed by atoms with E-state index in [0.29, 0.717) is 0 Å². The van der Waals surface area contributed by atoms with E-state index in [1.165, 1.54) is 0 Å². The molecule has 0 bridgehead atoms. The summed E-state index contributed by atoms with van der Waals surface area (Å²) >= 11 is 8.48. The summed E-state index contributed by atoms with van der Waals surface area (Å²) in [6.07, 6.45) is -5.12. The van der Waals surface area contributed by atoms with E-state index in [-0.39, 0.29) is 0 Å². The lowest BCUT2D eigenvalue weighted by molar-refractivity contribution is -0.284. The Balaban J connectivity index is 4.14. The van der Waals surface area contributed by atoms with E-state index in [1.54, 1.807) is 0 Å². The van der Waals surface area contributed by atoms with Gasteiger partial charge in [-0.25, -0.2) is 0 Å². The number of rotatable bonds is 1. The Morgan fingerprint density at radius 3 is 1.44 bits per heavy atom. The molecule has 0 radical (unpaired) electrons. The first-order valence-electron chi connectivity index (χ1n) is 1.55. The van der Waals surface area contributed by atoms with E-state index >= 15 is 0 Å². The number of hydrogen-bond acceptors (Lipinski definition) is 1. The molecule has 0 fully saturated rings. The molecule has 0 aromatic carbocycles. The minimum absolute atomic E-state index is 2.21. The van der Waals surface area contributed by atoms with Gasteiger partial charge >= 0.3 is 10.7 Å². The van der Waals surface area contributed by atoms with E-state index in [1.807, 2.05) is 0 Å². The van der Waals surface area contributed by atoms with Crippen LogP contribution in [0.4, 0.5) is 17.7 Å². The predicted molar refractivity (Wildman–Crippen MR) is 22.7 cm³/mol. The lowest BCUT2D eigenvalue weighted by Gasteiger charge is -2.16. The van der Waals surface area contributed by atoms with Crippen LogP contribution in [0.15, 0.2) is 0 Å². The van der Waals surface area contributed by atoms with Gasteiger partial charge in [-0.15, -0.1) is 4.94 Å². The van der Waals surface area contributed by atoms with Crippen LogP contribution in [-0.4, -0.2) is 10.7 Å². The third-order valence-electron chi connectivity index (χ3n) is 0.427. The van der Waals surface area contributed by atoms with Crippen molar-refractivity contribution in [3.05, 3.63) is 0 Å². The van der Waals surface area contributed by atoms with Crippen LogP contribution < -0.4 is 0 Å². The molecule has 7 heteroatoms. The SMILES string of the molecule is FOC(Cl)(Cl)C(F)(F)F. The summed E-state index contributed by atoms with van der Waals surface area (Å²) in [6, 6.07) is 0. The molecule has 0 aliphatic carbocycles. The largest absolute Gasteiger partial charge is 0.450 e. The fourth-order valence-corrected chi connectivity index (χ4v) is 0.0437. The highest BCUT2D eigenvalue weighted by Crippen LogP contribution is 2.40. The van der Waals surface area contributed by atoms with Crippen LogP contribution in [0.3, 0.4) is 0 Å². The molecule has 0 atom stereocenters. The Kier molecular flexibility index (Phi) is 2.55. The summed E-state index contributed by atoms with van der Waals surface area (Å²) in [7, 11) is 0. The Labute approximate surface area is 57.4 Å². The lowest BCUT2D eigenvalue weighted by atomic mass is 10.7. The molecule has 1 nitrogen and oxygen atoms in total. The van der Waals surface area contributed by atoms with Gasteiger partial charge in [-0.3, -0.25) is 0 Å².